The summed E-state index contributed by atoms with van der Waals surface area (Å²) in [5.74, 6) is -0.824. The second kappa shape index (κ2) is 15.0. The SMILES string of the molecule is CCCCCCCCO[C@H]1O[C@H](CO)[C@@H](OCc2ccccc2)[C@H](OC(C)=O)[C@H]1NC(C)=O. The molecule has 1 aromatic rings. The zero-order chi connectivity index (χ0) is 24.1. The Balaban J connectivity index is 2.10. The lowest BCUT2D eigenvalue weighted by Gasteiger charge is -2.45. The number of hydrogen-bond acceptors (Lipinski definition) is 7. The minimum absolute atomic E-state index is 0.235. The quantitative estimate of drug-likeness (QED) is 0.321. The molecule has 1 fully saturated rings. The molecule has 8 nitrogen and oxygen atoms in total. The van der Waals surface area contributed by atoms with Gasteiger partial charge in [-0.3, -0.25) is 9.59 Å². The third kappa shape index (κ3) is 9.41. The van der Waals surface area contributed by atoms with Crippen LogP contribution in [0.4, 0.5) is 0 Å². The lowest BCUT2D eigenvalue weighted by molar-refractivity contribution is -0.282. The average molecular weight is 466 g/mol. The number of aliphatic hydroxyl groups is 1. The summed E-state index contributed by atoms with van der Waals surface area (Å²) in [5.41, 5.74) is 0.924. The van der Waals surface area contributed by atoms with Gasteiger partial charge in [0.15, 0.2) is 12.4 Å². The molecule has 1 heterocycles. The minimum atomic E-state index is -0.879. The van der Waals surface area contributed by atoms with E-state index < -0.39 is 36.6 Å². The third-order valence-corrected chi connectivity index (χ3v) is 5.56. The molecule has 0 aliphatic carbocycles. The van der Waals surface area contributed by atoms with Crippen LogP contribution in [0.5, 0.6) is 0 Å². The Morgan fingerprint density at radius 3 is 2.33 bits per heavy atom. The molecule has 8 heteroatoms. The first kappa shape index (κ1) is 27.2. The molecule has 2 rings (SSSR count). The van der Waals surface area contributed by atoms with Crippen LogP contribution in [0.2, 0.25) is 0 Å². The molecule has 2 N–H and O–H groups in total. The number of hydrogen-bond donors (Lipinski definition) is 2. The maximum absolute atomic E-state index is 11.9. The second-order valence-corrected chi connectivity index (χ2v) is 8.43. The van der Waals surface area contributed by atoms with Crippen molar-refractivity contribution in [3.8, 4) is 0 Å². The Morgan fingerprint density at radius 2 is 1.70 bits per heavy atom. The van der Waals surface area contributed by atoms with E-state index in [4.69, 9.17) is 18.9 Å². The number of aliphatic hydroxyl groups excluding tert-OH is 1. The zero-order valence-corrected chi connectivity index (χ0v) is 20.0. The van der Waals surface area contributed by atoms with E-state index in [0.29, 0.717) is 6.61 Å². The summed E-state index contributed by atoms with van der Waals surface area (Å²) in [6.07, 6.45) is 3.33. The van der Waals surface area contributed by atoms with E-state index in [1.807, 2.05) is 30.3 Å². The molecule has 0 saturated carbocycles. The van der Waals surface area contributed by atoms with Gasteiger partial charge in [0.1, 0.15) is 18.2 Å². The lowest BCUT2D eigenvalue weighted by Crippen LogP contribution is -2.66. The fourth-order valence-corrected chi connectivity index (χ4v) is 3.96. The fraction of sp³-hybridized carbons (Fsp3) is 0.680. The number of esters is 1. The van der Waals surface area contributed by atoms with Gasteiger partial charge in [-0.05, 0) is 12.0 Å². The average Bonchev–Trinajstić information content (AvgIpc) is 2.79. The van der Waals surface area contributed by atoms with E-state index in [2.05, 4.69) is 12.2 Å². The van der Waals surface area contributed by atoms with Crippen LogP contribution in [0.1, 0.15) is 64.9 Å². The van der Waals surface area contributed by atoms with Crippen LogP contribution in [0, 0.1) is 0 Å². The number of amides is 1. The van der Waals surface area contributed by atoms with Gasteiger partial charge in [-0.15, -0.1) is 0 Å². The Labute approximate surface area is 196 Å². The first-order chi connectivity index (χ1) is 16.0. The number of nitrogens with one attached hydrogen (secondary N) is 1. The second-order valence-electron chi connectivity index (χ2n) is 8.43. The largest absolute Gasteiger partial charge is 0.457 e. The highest BCUT2D eigenvalue weighted by atomic mass is 16.7. The van der Waals surface area contributed by atoms with Crippen molar-refractivity contribution in [2.45, 2.75) is 96.5 Å². The summed E-state index contributed by atoms with van der Waals surface area (Å²) in [6.45, 7) is 5.19. The molecule has 0 unspecified atom stereocenters. The lowest BCUT2D eigenvalue weighted by atomic mass is 9.96. The highest BCUT2D eigenvalue weighted by Crippen LogP contribution is 2.28. The predicted molar refractivity (Wildman–Crippen MR) is 123 cm³/mol. The number of benzene rings is 1. The monoisotopic (exact) mass is 465 g/mol. The Morgan fingerprint density at radius 1 is 1.00 bits per heavy atom. The highest BCUT2D eigenvalue weighted by molar-refractivity contribution is 5.73. The van der Waals surface area contributed by atoms with Crippen molar-refractivity contribution >= 4 is 11.9 Å². The van der Waals surface area contributed by atoms with Crippen LogP contribution in [0.15, 0.2) is 30.3 Å². The molecule has 5 atom stereocenters. The van der Waals surface area contributed by atoms with Gasteiger partial charge < -0.3 is 29.4 Å². The fourth-order valence-electron chi connectivity index (χ4n) is 3.96. The summed E-state index contributed by atoms with van der Waals surface area (Å²) in [4.78, 5) is 23.9. The van der Waals surface area contributed by atoms with Crippen molar-refractivity contribution in [1.82, 2.24) is 5.32 Å². The van der Waals surface area contributed by atoms with Gasteiger partial charge in [-0.1, -0.05) is 69.4 Å². The molecular formula is C25H39NO7. The minimum Gasteiger partial charge on any atom is -0.457 e. The van der Waals surface area contributed by atoms with Crippen molar-refractivity contribution in [1.29, 1.82) is 0 Å². The Kier molecular flexibility index (Phi) is 12.4. The number of carbonyl (C=O) groups excluding carboxylic acids is 2. The van der Waals surface area contributed by atoms with Crippen LogP contribution < -0.4 is 5.32 Å². The zero-order valence-electron chi connectivity index (χ0n) is 20.0. The molecule has 0 aromatic heterocycles. The molecule has 1 aliphatic rings. The van der Waals surface area contributed by atoms with E-state index >= 15 is 0 Å². The molecule has 1 amide bonds. The van der Waals surface area contributed by atoms with Crippen LogP contribution in [0.3, 0.4) is 0 Å². The smallest absolute Gasteiger partial charge is 0.303 e. The molecule has 0 bridgehead atoms. The van der Waals surface area contributed by atoms with E-state index in [-0.39, 0.29) is 19.1 Å². The van der Waals surface area contributed by atoms with Gasteiger partial charge in [-0.25, -0.2) is 0 Å². The summed E-state index contributed by atoms with van der Waals surface area (Å²) in [7, 11) is 0. The van der Waals surface area contributed by atoms with E-state index in [1.165, 1.54) is 33.1 Å². The maximum Gasteiger partial charge on any atom is 0.303 e. The molecule has 33 heavy (non-hydrogen) atoms. The Bertz CT molecular complexity index is 699. The number of unbranched alkanes of at least 4 members (excludes halogenated alkanes) is 5. The van der Waals surface area contributed by atoms with Gasteiger partial charge in [0.2, 0.25) is 5.91 Å². The molecule has 186 valence electrons. The van der Waals surface area contributed by atoms with E-state index in [9.17, 15) is 14.7 Å². The van der Waals surface area contributed by atoms with E-state index in [1.54, 1.807) is 0 Å². The van der Waals surface area contributed by atoms with Crippen LogP contribution >= 0.6 is 0 Å². The molecular weight excluding hydrogens is 426 g/mol. The normalized spacial score (nSPS) is 24.9. The van der Waals surface area contributed by atoms with Gasteiger partial charge in [-0.2, -0.15) is 0 Å². The first-order valence-electron chi connectivity index (χ1n) is 11.9. The number of rotatable bonds is 14. The van der Waals surface area contributed by atoms with Crippen molar-refractivity contribution in [3.05, 3.63) is 35.9 Å². The first-order valence-corrected chi connectivity index (χ1v) is 11.9. The topological polar surface area (TPSA) is 103 Å². The van der Waals surface area contributed by atoms with Gasteiger partial charge in [0.25, 0.3) is 0 Å². The van der Waals surface area contributed by atoms with Gasteiger partial charge in [0.05, 0.1) is 13.2 Å². The summed E-state index contributed by atoms with van der Waals surface area (Å²) in [5, 5.41) is 12.8. The predicted octanol–water partition coefficient (Wildman–Crippen LogP) is 3.10. The van der Waals surface area contributed by atoms with E-state index in [0.717, 1.165) is 24.8 Å². The van der Waals surface area contributed by atoms with Crippen molar-refractivity contribution in [2.24, 2.45) is 0 Å². The Hall–Kier alpha value is -2.00. The van der Waals surface area contributed by atoms with Crippen LogP contribution in [-0.4, -0.2) is 60.8 Å². The van der Waals surface area contributed by atoms with Crippen molar-refractivity contribution in [2.75, 3.05) is 13.2 Å². The van der Waals surface area contributed by atoms with Crippen LogP contribution in [0.25, 0.3) is 0 Å². The van der Waals surface area contributed by atoms with Gasteiger partial charge in [0, 0.05) is 20.5 Å². The highest BCUT2D eigenvalue weighted by Gasteiger charge is 2.49. The molecule has 1 saturated heterocycles. The molecule has 0 spiro atoms. The maximum atomic E-state index is 11.9. The molecule has 1 aromatic carbocycles. The standard InChI is InChI=1S/C25H39NO7/c1-4-5-6-7-8-12-15-30-25-22(26-18(2)28)24(32-19(3)29)23(21(16-27)33-25)31-17-20-13-10-9-11-14-20/h9-11,13-14,21-25,27H,4-8,12,15-17H2,1-3H3,(H,26,28)/t21-,22-,23-,24-,25+/m1/s1. The summed E-state index contributed by atoms with van der Waals surface area (Å²) >= 11 is 0. The third-order valence-electron chi connectivity index (χ3n) is 5.56. The van der Waals surface area contributed by atoms with Crippen molar-refractivity contribution in [3.63, 3.8) is 0 Å². The molecule has 0 radical (unpaired) electrons. The van der Waals surface area contributed by atoms with Crippen molar-refractivity contribution < 1.29 is 33.6 Å². The summed E-state index contributed by atoms with van der Waals surface area (Å²) in [6, 6.07) is 8.76. The summed E-state index contributed by atoms with van der Waals surface area (Å²) < 4.78 is 23.6. The number of carbonyl (C=O) groups is 2. The van der Waals surface area contributed by atoms with Crippen LogP contribution in [-0.2, 0) is 35.1 Å². The molecule has 1 aliphatic heterocycles. The number of ether oxygens (including phenoxy) is 4. The van der Waals surface area contributed by atoms with Gasteiger partial charge >= 0.3 is 5.97 Å².